The van der Waals surface area contributed by atoms with Crippen molar-refractivity contribution in [2.45, 2.75) is 18.0 Å². The number of hydrogen-bond donors (Lipinski definition) is 1. The van der Waals surface area contributed by atoms with Crippen LogP contribution in [0.3, 0.4) is 0 Å². The molecule has 7 nitrogen and oxygen atoms in total. The molecule has 2 saturated heterocycles. The van der Waals surface area contributed by atoms with Gasteiger partial charge in [0.05, 0.1) is 36.4 Å². The van der Waals surface area contributed by atoms with Crippen molar-refractivity contribution in [1.29, 1.82) is 0 Å². The first-order valence-electron chi connectivity index (χ1n) is 10.8. The molecule has 0 radical (unpaired) electrons. The van der Waals surface area contributed by atoms with E-state index in [1.165, 1.54) is 12.0 Å². The van der Waals surface area contributed by atoms with Crippen LogP contribution in [0.4, 0.5) is 5.69 Å². The van der Waals surface area contributed by atoms with Crippen LogP contribution in [0, 0.1) is 11.8 Å². The van der Waals surface area contributed by atoms with Crippen LogP contribution < -0.4 is 10.2 Å². The smallest absolute Gasteiger partial charge is 0.311 e. The predicted octanol–water partition coefficient (Wildman–Crippen LogP) is 2.69. The standard InChI is InChI=1S/C26H23N3O4/c1-33-24(31)20-21-23(30)29(18-12-6-3-7-13-18)25(32)26(21,16-17-10-4-2-5-11-17)28-22(20)19-14-8-9-15-27-19/h2-15,20-22,28H,16H2,1H3/t20-,21+,22+,26+/m1/s1. The maximum atomic E-state index is 14.0. The molecule has 0 saturated carbocycles. The van der Waals surface area contributed by atoms with Gasteiger partial charge in [-0.05, 0) is 29.8 Å². The molecule has 2 amide bonds. The minimum atomic E-state index is -1.31. The zero-order valence-electron chi connectivity index (χ0n) is 18.0. The van der Waals surface area contributed by atoms with E-state index >= 15 is 0 Å². The van der Waals surface area contributed by atoms with Gasteiger partial charge in [-0.2, -0.15) is 0 Å². The third kappa shape index (κ3) is 3.32. The summed E-state index contributed by atoms with van der Waals surface area (Å²) in [6.07, 6.45) is 1.88. The second-order valence-electron chi connectivity index (χ2n) is 8.35. The molecule has 1 N–H and O–H groups in total. The number of imide groups is 1. The Bertz CT molecular complexity index is 1190. The van der Waals surface area contributed by atoms with Crippen molar-refractivity contribution < 1.29 is 19.1 Å². The lowest BCUT2D eigenvalue weighted by Gasteiger charge is -2.28. The number of rotatable bonds is 5. The SMILES string of the molecule is COC(=O)[C@@H]1[C@H]2C(=O)N(c3ccccc3)C(=O)[C@@]2(Cc2ccccc2)N[C@H]1c1ccccn1. The van der Waals surface area contributed by atoms with Crippen LogP contribution >= 0.6 is 0 Å². The van der Waals surface area contributed by atoms with E-state index in [2.05, 4.69) is 10.3 Å². The molecule has 3 aromatic rings. The number of anilines is 1. The van der Waals surface area contributed by atoms with Gasteiger partial charge in [0.2, 0.25) is 5.91 Å². The van der Waals surface area contributed by atoms with Gasteiger partial charge >= 0.3 is 5.97 Å². The lowest BCUT2D eigenvalue weighted by atomic mass is 9.77. The summed E-state index contributed by atoms with van der Waals surface area (Å²) in [7, 11) is 1.30. The van der Waals surface area contributed by atoms with Crippen LogP contribution in [-0.4, -0.2) is 35.4 Å². The summed E-state index contributed by atoms with van der Waals surface area (Å²) < 4.78 is 5.13. The minimum Gasteiger partial charge on any atom is -0.469 e. The van der Waals surface area contributed by atoms with Crippen LogP contribution in [-0.2, 0) is 25.5 Å². The Morgan fingerprint density at radius 1 is 1.00 bits per heavy atom. The molecular weight excluding hydrogens is 418 g/mol. The number of aromatic nitrogens is 1. The number of carbonyl (C=O) groups excluding carboxylic acids is 3. The average molecular weight is 441 g/mol. The van der Waals surface area contributed by atoms with Gasteiger partial charge in [0.1, 0.15) is 5.54 Å². The molecule has 1 aromatic heterocycles. The van der Waals surface area contributed by atoms with Gasteiger partial charge < -0.3 is 4.74 Å². The highest BCUT2D eigenvalue weighted by molar-refractivity contribution is 6.26. The molecule has 2 aliphatic rings. The first kappa shape index (κ1) is 21.0. The van der Waals surface area contributed by atoms with Gasteiger partial charge in [-0.1, -0.05) is 54.6 Å². The number of para-hydroxylation sites is 1. The van der Waals surface area contributed by atoms with Crippen molar-refractivity contribution in [3.05, 3.63) is 96.3 Å². The Kier molecular flexibility index (Phi) is 5.26. The Balaban J connectivity index is 1.67. The van der Waals surface area contributed by atoms with Gasteiger partial charge in [0.25, 0.3) is 5.91 Å². The minimum absolute atomic E-state index is 0.253. The first-order chi connectivity index (χ1) is 16.1. The maximum absolute atomic E-state index is 14.0. The average Bonchev–Trinajstić information content (AvgIpc) is 3.30. The number of fused-ring (bicyclic) bond motifs is 1. The van der Waals surface area contributed by atoms with E-state index in [4.69, 9.17) is 4.74 Å². The van der Waals surface area contributed by atoms with E-state index in [0.717, 1.165) is 5.56 Å². The lowest BCUT2D eigenvalue weighted by molar-refractivity contribution is -0.149. The Hall–Kier alpha value is -3.84. The molecule has 33 heavy (non-hydrogen) atoms. The molecule has 2 aromatic carbocycles. The lowest BCUT2D eigenvalue weighted by Crippen LogP contribution is -2.53. The zero-order chi connectivity index (χ0) is 23.0. The molecule has 2 fully saturated rings. The summed E-state index contributed by atoms with van der Waals surface area (Å²) in [5, 5.41) is 3.40. The Labute approximate surface area is 191 Å². The van der Waals surface area contributed by atoms with E-state index in [0.29, 0.717) is 11.4 Å². The second-order valence-corrected chi connectivity index (χ2v) is 8.35. The topological polar surface area (TPSA) is 88.6 Å². The number of pyridine rings is 1. The number of ether oxygens (including phenoxy) is 1. The summed E-state index contributed by atoms with van der Waals surface area (Å²) >= 11 is 0. The Morgan fingerprint density at radius 3 is 2.30 bits per heavy atom. The maximum Gasteiger partial charge on any atom is 0.311 e. The van der Waals surface area contributed by atoms with Crippen LogP contribution in [0.15, 0.2) is 85.1 Å². The van der Waals surface area contributed by atoms with Crippen LogP contribution in [0.25, 0.3) is 0 Å². The highest BCUT2D eigenvalue weighted by Crippen LogP contribution is 2.50. The number of carbonyl (C=O) groups is 3. The number of esters is 1. The molecule has 5 rings (SSSR count). The van der Waals surface area contributed by atoms with Crippen molar-refractivity contribution in [2.75, 3.05) is 12.0 Å². The quantitative estimate of drug-likeness (QED) is 0.484. The van der Waals surface area contributed by atoms with Gasteiger partial charge in [-0.25, -0.2) is 4.90 Å². The molecule has 0 unspecified atom stereocenters. The molecule has 2 aliphatic heterocycles. The summed E-state index contributed by atoms with van der Waals surface area (Å²) in [4.78, 5) is 46.5. The second kappa shape index (κ2) is 8.26. The molecular formula is C26H23N3O4. The molecule has 3 heterocycles. The number of amides is 2. The van der Waals surface area contributed by atoms with Crippen molar-refractivity contribution in [1.82, 2.24) is 10.3 Å². The fourth-order valence-electron chi connectivity index (χ4n) is 5.16. The summed E-state index contributed by atoms with van der Waals surface area (Å²) in [6.45, 7) is 0. The highest BCUT2D eigenvalue weighted by Gasteiger charge is 2.70. The first-order valence-corrected chi connectivity index (χ1v) is 10.8. The third-order valence-corrected chi connectivity index (χ3v) is 6.55. The van der Waals surface area contributed by atoms with Crippen LogP contribution in [0.2, 0.25) is 0 Å². The number of hydrogen-bond acceptors (Lipinski definition) is 6. The molecule has 7 heteroatoms. The third-order valence-electron chi connectivity index (χ3n) is 6.55. The van der Waals surface area contributed by atoms with Crippen molar-refractivity contribution in [3.8, 4) is 0 Å². The van der Waals surface area contributed by atoms with E-state index < -0.39 is 35.3 Å². The van der Waals surface area contributed by atoms with Crippen molar-refractivity contribution in [3.63, 3.8) is 0 Å². The zero-order valence-corrected chi connectivity index (χ0v) is 18.0. The normalized spacial score (nSPS) is 26.3. The van der Waals surface area contributed by atoms with Crippen molar-refractivity contribution >= 4 is 23.5 Å². The number of benzene rings is 2. The van der Waals surface area contributed by atoms with E-state index in [-0.39, 0.29) is 12.3 Å². The predicted molar refractivity (Wildman–Crippen MR) is 121 cm³/mol. The monoisotopic (exact) mass is 441 g/mol. The summed E-state index contributed by atoms with van der Waals surface area (Å²) in [6, 6.07) is 23.0. The van der Waals surface area contributed by atoms with Gasteiger partial charge in [0.15, 0.2) is 0 Å². The van der Waals surface area contributed by atoms with Crippen molar-refractivity contribution in [2.24, 2.45) is 11.8 Å². The van der Waals surface area contributed by atoms with Crippen LogP contribution in [0.5, 0.6) is 0 Å². The molecule has 0 spiro atoms. The molecule has 4 atom stereocenters. The fourth-order valence-corrected chi connectivity index (χ4v) is 5.16. The van der Waals surface area contributed by atoms with Gasteiger partial charge in [-0.15, -0.1) is 0 Å². The number of methoxy groups -OCH3 is 1. The van der Waals surface area contributed by atoms with Gasteiger partial charge in [-0.3, -0.25) is 24.7 Å². The largest absolute Gasteiger partial charge is 0.469 e. The highest BCUT2D eigenvalue weighted by atomic mass is 16.5. The molecule has 166 valence electrons. The van der Waals surface area contributed by atoms with E-state index in [1.54, 1.807) is 42.6 Å². The summed E-state index contributed by atoms with van der Waals surface area (Å²) in [5.74, 6) is -3.18. The van der Waals surface area contributed by atoms with E-state index in [1.807, 2.05) is 42.5 Å². The van der Waals surface area contributed by atoms with E-state index in [9.17, 15) is 14.4 Å². The number of nitrogens with zero attached hydrogens (tertiary/aromatic N) is 2. The molecule has 0 bridgehead atoms. The van der Waals surface area contributed by atoms with Crippen LogP contribution in [0.1, 0.15) is 17.3 Å². The Morgan fingerprint density at radius 2 is 1.67 bits per heavy atom. The molecule has 0 aliphatic carbocycles. The fraction of sp³-hybridized carbons (Fsp3) is 0.231. The van der Waals surface area contributed by atoms with Gasteiger partial charge in [0, 0.05) is 12.6 Å². The number of nitrogens with one attached hydrogen (secondary N) is 1. The summed E-state index contributed by atoms with van der Waals surface area (Å²) in [5.41, 5.74) is 0.641.